The number of thioether (sulfide) groups is 1. The third kappa shape index (κ3) is 5.60. The fourth-order valence-corrected chi connectivity index (χ4v) is 3.26. The summed E-state index contributed by atoms with van der Waals surface area (Å²) in [5, 5.41) is 18.6. The minimum absolute atomic E-state index is 0.00982. The van der Waals surface area contributed by atoms with Gasteiger partial charge in [-0.05, 0) is 47.1 Å². The second-order valence-electron chi connectivity index (χ2n) is 6.32. The van der Waals surface area contributed by atoms with E-state index in [2.05, 4.69) is 10.6 Å². The average Bonchev–Trinajstić information content (AvgIpc) is 3.14. The van der Waals surface area contributed by atoms with Crippen LogP contribution in [0.15, 0.2) is 64.1 Å². The first-order valence-corrected chi connectivity index (χ1v) is 10.4. The molecule has 8 nitrogen and oxygen atoms in total. The van der Waals surface area contributed by atoms with Crippen molar-refractivity contribution < 1.29 is 28.6 Å². The van der Waals surface area contributed by atoms with E-state index in [-0.39, 0.29) is 16.7 Å². The van der Waals surface area contributed by atoms with Crippen LogP contribution in [0.5, 0.6) is 5.95 Å². The van der Waals surface area contributed by atoms with E-state index < -0.39 is 11.9 Å². The van der Waals surface area contributed by atoms with Crippen LogP contribution in [0.25, 0.3) is 5.69 Å². The van der Waals surface area contributed by atoms with Gasteiger partial charge in [0.1, 0.15) is 0 Å². The van der Waals surface area contributed by atoms with Crippen LogP contribution in [0.4, 0.5) is 5.69 Å². The van der Waals surface area contributed by atoms with E-state index in [1.54, 1.807) is 36.4 Å². The molecule has 156 valence electrons. The van der Waals surface area contributed by atoms with Gasteiger partial charge in [0.05, 0.1) is 23.2 Å². The Morgan fingerprint density at radius 1 is 1.17 bits per heavy atom. The van der Waals surface area contributed by atoms with Gasteiger partial charge in [-0.25, -0.2) is 4.79 Å². The maximum Gasteiger partial charge on any atom is 0.338 e. The summed E-state index contributed by atoms with van der Waals surface area (Å²) in [6, 6.07) is 15.5. The highest BCUT2D eigenvalue weighted by Crippen LogP contribution is 2.23. The average molecular weight is 427 g/mol. The van der Waals surface area contributed by atoms with E-state index >= 15 is 0 Å². The molecule has 1 aromatic heterocycles. The molecule has 0 unspecified atom stereocenters. The van der Waals surface area contributed by atoms with E-state index in [1.165, 1.54) is 4.68 Å². The molecule has 1 N–H and O–H groups in total. The lowest BCUT2D eigenvalue weighted by atomic mass is 10.2. The number of amides is 1. The van der Waals surface area contributed by atoms with Gasteiger partial charge in [0, 0.05) is 17.8 Å². The highest BCUT2D eigenvalue weighted by atomic mass is 32.2. The summed E-state index contributed by atoms with van der Waals surface area (Å²) in [4.78, 5) is 24.2. The number of carbonyl (C=O) groups is 2. The first kappa shape index (κ1) is 21.4. The number of anilines is 1. The summed E-state index contributed by atoms with van der Waals surface area (Å²) in [6.45, 7) is 2.41. The Labute approximate surface area is 177 Å². The number of nitrogens with zero attached hydrogens (tertiary/aromatic N) is 2. The summed E-state index contributed by atoms with van der Waals surface area (Å²) >= 11 is 1.03. The Morgan fingerprint density at radius 2 is 1.90 bits per heavy atom. The standard InChI is InChI=1S/C21H21N3O5S/c1-2-3-13-28-20(26)15-9-11-16(12-10-15)22-18(25)14-30-19-21(27)29-23-24(19)17-7-5-4-6-8-17/h4-12H,2-3,13-14H2,1H3,(H-,22,23,25,26,27). The molecule has 3 aromatic rings. The number of rotatable bonds is 9. The van der Waals surface area contributed by atoms with Crippen molar-refractivity contribution in [2.45, 2.75) is 24.8 Å². The third-order valence-electron chi connectivity index (χ3n) is 4.05. The molecule has 2 aromatic carbocycles. The normalized spacial score (nSPS) is 10.6. The Bertz CT molecular complexity index is 990. The van der Waals surface area contributed by atoms with Crippen molar-refractivity contribution in [2.75, 3.05) is 17.7 Å². The Hall–Kier alpha value is -3.33. The van der Waals surface area contributed by atoms with Gasteiger partial charge < -0.3 is 19.7 Å². The van der Waals surface area contributed by atoms with Gasteiger partial charge in [-0.15, -0.1) is 0 Å². The van der Waals surface area contributed by atoms with Crippen LogP contribution in [-0.2, 0) is 9.53 Å². The summed E-state index contributed by atoms with van der Waals surface area (Å²) in [6.07, 6.45) is 1.77. The highest BCUT2D eigenvalue weighted by Gasteiger charge is 2.22. The predicted molar refractivity (Wildman–Crippen MR) is 108 cm³/mol. The Balaban J connectivity index is 1.56. The fraction of sp³-hybridized carbons (Fsp3) is 0.238. The minimum Gasteiger partial charge on any atom is -0.538 e. The van der Waals surface area contributed by atoms with Crippen LogP contribution in [0, 0.1) is 0 Å². The van der Waals surface area contributed by atoms with Crippen molar-refractivity contribution in [3.05, 3.63) is 60.2 Å². The largest absolute Gasteiger partial charge is 0.538 e. The lowest BCUT2D eigenvalue weighted by molar-refractivity contribution is -0.705. The Morgan fingerprint density at radius 3 is 2.60 bits per heavy atom. The van der Waals surface area contributed by atoms with E-state index in [0.717, 1.165) is 24.6 Å². The van der Waals surface area contributed by atoms with E-state index in [0.29, 0.717) is 23.5 Å². The third-order valence-corrected chi connectivity index (χ3v) is 5.07. The van der Waals surface area contributed by atoms with Crippen LogP contribution in [-0.4, -0.2) is 29.5 Å². The second kappa shape index (κ2) is 10.4. The zero-order chi connectivity index (χ0) is 21.3. The van der Waals surface area contributed by atoms with Crippen molar-refractivity contribution in [1.29, 1.82) is 0 Å². The van der Waals surface area contributed by atoms with Crippen molar-refractivity contribution in [1.82, 2.24) is 5.27 Å². The van der Waals surface area contributed by atoms with Crippen LogP contribution < -0.4 is 15.1 Å². The maximum atomic E-state index is 12.3. The quantitative estimate of drug-likeness (QED) is 0.242. The topological polar surface area (TPSA) is 108 Å². The van der Waals surface area contributed by atoms with Crippen molar-refractivity contribution in [3.63, 3.8) is 0 Å². The van der Waals surface area contributed by atoms with Gasteiger partial charge in [0.2, 0.25) is 11.6 Å². The van der Waals surface area contributed by atoms with Crippen molar-refractivity contribution >= 4 is 29.3 Å². The van der Waals surface area contributed by atoms with E-state index in [1.807, 2.05) is 25.1 Å². The molecule has 3 rings (SSSR count). The van der Waals surface area contributed by atoms with Crippen LogP contribution in [0.3, 0.4) is 0 Å². The first-order valence-electron chi connectivity index (χ1n) is 9.42. The number of nitrogens with one attached hydrogen (secondary N) is 1. The van der Waals surface area contributed by atoms with Gasteiger partial charge in [0.15, 0.2) is 5.95 Å². The molecule has 0 bridgehead atoms. The molecule has 0 aliphatic rings. The molecule has 0 aliphatic heterocycles. The number of benzene rings is 2. The second-order valence-corrected chi connectivity index (χ2v) is 7.28. The molecule has 0 fully saturated rings. The van der Waals surface area contributed by atoms with Crippen LogP contribution in [0.2, 0.25) is 0 Å². The minimum atomic E-state index is -0.609. The summed E-state index contributed by atoms with van der Waals surface area (Å²) in [5.41, 5.74) is 1.62. The number of hydrogen-bond donors (Lipinski definition) is 1. The molecule has 30 heavy (non-hydrogen) atoms. The number of aromatic nitrogens is 2. The number of ether oxygens (including phenoxy) is 1. The first-order chi connectivity index (χ1) is 14.6. The molecule has 0 radical (unpaired) electrons. The predicted octanol–water partition coefficient (Wildman–Crippen LogP) is 2.71. The van der Waals surface area contributed by atoms with Gasteiger partial charge in [-0.2, -0.15) is 0 Å². The van der Waals surface area contributed by atoms with Gasteiger partial charge in [-0.1, -0.05) is 31.5 Å². The number of unbranched alkanes of at least 4 members (excludes halogenated alkanes) is 1. The number of esters is 1. The summed E-state index contributed by atoms with van der Waals surface area (Å²) in [5.74, 6) is -1.32. The smallest absolute Gasteiger partial charge is 0.338 e. The fourth-order valence-electron chi connectivity index (χ4n) is 2.51. The highest BCUT2D eigenvalue weighted by molar-refractivity contribution is 7.99. The number of carbonyl (C=O) groups excluding carboxylic acids is 2. The lowest BCUT2D eigenvalue weighted by Gasteiger charge is -2.06. The number of hydrogen-bond acceptors (Lipinski definition) is 7. The molecule has 9 heteroatoms. The molecule has 0 spiro atoms. The van der Waals surface area contributed by atoms with E-state index in [4.69, 9.17) is 9.26 Å². The summed E-state index contributed by atoms with van der Waals surface area (Å²) in [7, 11) is 0. The molecule has 0 aliphatic carbocycles. The Kier molecular flexibility index (Phi) is 7.45. The molecule has 1 heterocycles. The summed E-state index contributed by atoms with van der Waals surface area (Å²) < 4.78 is 11.2. The number of para-hydroxylation sites is 1. The molecule has 1 amide bonds. The van der Waals surface area contributed by atoms with Crippen molar-refractivity contribution in [3.8, 4) is 11.6 Å². The maximum absolute atomic E-state index is 12.3. The molecule has 0 atom stereocenters. The van der Waals surface area contributed by atoms with Gasteiger partial charge >= 0.3 is 5.97 Å². The van der Waals surface area contributed by atoms with E-state index in [9.17, 15) is 14.7 Å². The van der Waals surface area contributed by atoms with Crippen molar-refractivity contribution in [2.24, 2.45) is 0 Å². The zero-order valence-electron chi connectivity index (χ0n) is 16.4. The molecule has 0 saturated heterocycles. The zero-order valence-corrected chi connectivity index (χ0v) is 17.2. The molecular formula is C21H21N3O5S. The lowest BCUT2D eigenvalue weighted by Crippen LogP contribution is -2.35. The van der Waals surface area contributed by atoms with Crippen LogP contribution in [0.1, 0.15) is 30.1 Å². The van der Waals surface area contributed by atoms with Gasteiger partial charge in [0.25, 0.3) is 5.03 Å². The molecule has 0 saturated carbocycles. The molecular weight excluding hydrogens is 406 g/mol. The monoisotopic (exact) mass is 427 g/mol. The SMILES string of the molecule is CCCCOC(=O)c1ccc(NC(=O)CSc2c([O-])on[n+]2-c2ccccc2)cc1. The van der Waals surface area contributed by atoms with Crippen LogP contribution >= 0.6 is 11.8 Å². The van der Waals surface area contributed by atoms with Gasteiger partial charge in [-0.3, -0.25) is 4.79 Å².